The van der Waals surface area contributed by atoms with Crippen LogP contribution < -0.4 is 0 Å². The van der Waals surface area contributed by atoms with Gasteiger partial charge in [-0.05, 0) is 18.3 Å². The first-order chi connectivity index (χ1) is 10.0. The largest absolute Gasteiger partial charge is 0.462 e. The lowest BCUT2D eigenvalue weighted by atomic mass is 9.95. The summed E-state index contributed by atoms with van der Waals surface area (Å²) in [6.45, 7) is 15.5. The van der Waals surface area contributed by atoms with Crippen LogP contribution >= 0.6 is 0 Å². The normalized spacial score (nSPS) is 14.5. The molecule has 0 rings (SSSR count). The predicted octanol–water partition coefficient (Wildman–Crippen LogP) is 4.21. The maximum Gasteiger partial charge on any atom is 0.308 e. The molecular weight excluding hydrogens is 280 g/mol. The van der Waals surface area contributed by atoms with Crippen LogP contribution in [-0.2, 0) is 19.1 Å². The molecule has 2 unspecified atom stereocenters. The van der Waals surface area contributed by atoms with E-state index < -0.39 is 0 Å². The first-order valence-corrected chi connectivity index (χ1v) is 8.45. The fourth-order valence-electron chi connectivity index (χ4n) is 2.02. The second kappa shape index (κ2) is 9.86. The van der Waals surface area contributed by atoms with Crippen LogP contribution in [0.1, 0.15) is 68.2 Å². The van der Waals surface area contributed by atoms with Gasteiger partial charge in [-0.25, -0.2) is 0 Å². The number of carbonyl (C=O) groups excluding carboxylic acids is 2. The van der Waals surface area contributed by atoms with Crippen LogP contribution in [0.2, 0.25) is 0 Å². The van der Waals surface area contributed by atoms with Gasteiger partial charge in [0.05, 0.1) is 11.8 Å². The Morgan fingerprint density at radius 1 is 0.727 bits per heavy atom. The molecule has 0 aliphatic carbocycles. The van der Waals surface area contributed by atoms with Crippen LogP contribution in [0.15, 0.2) is 0 Å². The molecule has 0 saturated carbocycles. The summed E-state index contributed by atoms with van der Waals surface area (Å²) >= 11 is 0. The first-order valence-electron chi connectivity index (χ1n) is 8.45. The van der Waals surface area contributed by atoms with Crippen molar-refractivity contribution in [3.8, 4) is 0 Å². The van der Waals surface area contributed by atoms with Crippen molar-refractivity contribution in [2.24, 2.45) is 23.7 Å². The number of hydrogen-bond acceptors (Lipinski definition) is 4. The second-order valence-corrected chi connectivity index (χ2v) is 7.45. The Labute approximate surface area is 135 Å². The van der Waals surface area contributed by atoms with E-state index in [0.717, 1.165) is 6.42 Å². The van der Waals surface area contributed by atoms with Crippen molar-refractivity contribution in [3.63, 3.8) is 0 Å². The average molecular weight is 314 g/mol. The van der Waals surface area contributed by atoms with Crippen LogP contribution in [0.4, 0.5) is 0 Å². The van der Waals surface area contributed by atoms with Gasteiger partial charge in [0.2, 0.25) is 0 Å². The van der Waals surface area contributed by atoms with E-state index in [1.165, 1.54) is 0 Å². The summed E-state index contributed by atoms with van der Waals surface area (Å²) in [6.07, 6.45) is 0.911. The smallest absolute Gasteiger partial charge is 0.308 e. The number of hydrogen-bond donors (Lipinski definition) is 0. The third kappa shape index (κ3) is 8.40. The zero-order valence-corrected chi connectivity index (χ0v) is 15.5. The highest BCUT2D eigenvalue weighted by atomic mass is 16.6. The Kier molecular flexibility index (Phi) is 9.38. The van der Waals surface area contributed by atoms with Crippen molar-refractivity contribution in [3.05, 3.63) is 0 Å². The quantitative estimate of drug-likeness (QED) is 0.598. The monoisotopic (exact) mass is 314 g/mol. The van der Waals surface area contributed by atoms with Crippen molar-refractivity contribution >= 4 is 11.9 Å². The van der Waals surface area contributed by atoms with E-state index in [1.807, 2.05) is 41.5 Å². The first kappa shape index (κ1) is 20.9. The van der Waals surface area contributed by atoms with Crippen molar-refractivity contribution in [1.29, 1.82) is 0 Å². The molecule has 0 aromatic carbocycles. The van der Waals surface area contributed by atoms with Gasteiger partial charge < -0.3 is 9.47 Å². The van der Waals surface area contributed by atoms with Gasteiger partial charge in [0.1, 0.15) is 12.2 Å². The third-order valence-corrected chi connectivity index (χ3v) is 3.47. The van der Waals surface area contributed by atoms with Crippen molar-refractivity contribution < 1.29 is 19.1 Å². The summed E-state index contributed by atoms with van der Waals surface area (Å²) < 4.78 is 11.2. The van der Waals surface area contributed by atoms with Gasteiger partial charge >= 0.3 is 11.9 Å². The van der Waals surface area contributed by atoms with Gasteiger partial charge in [-0.1, -0.05) is 55.4 Å². The van der Waals surface area contributed by atoms with Gasteiger partial charge in [0.25, 0.3) is 0 Å². The third-order valence-electron chi connectivity index (χ3n) is 3.47. The molecule has 0 amide bonds. The van der Waals surface area contributed by atoms with Gasteiger partial charge in [0, 0.05) is 6.42 Å². The molecule has 0 saturated heterocycles. The number of ether oxygens (including phenoxy) is 2. The summed E-state index contributed by atoms with van der Waals surface area (Å²) in [5, 5.41) is 0. The molecular formula is C18H34O4. The Hall–Kier alpha value is -1.06. The van der Waals surface area contributed by atoms with Crippen LogP contribution in [0.25, 0.3) is 0 Å². The molecule has 4 nitrogen and oxygen atoms in total. The van der Waals surface area contributed by atoms with Crippen molar-refractivity contribution in [2.75, 3.05) is 0 Å². The molecule has 0 spiro atoms. The van der Waals surface area contributed by atoms with Crippen LogP contribution in [0.5, 0.6) is 0 Å². The van der Waals surface area contributed by atoms with Gasteiger partial charge in [0.15, 0.2) is 0 Å². The molecule has 0 fully saturated rings. The lowest BCUT2D eigenvalue weighted by molar-refractivity contribution is -0.162. The lowest BCUT2D eigenvalue weighted by Gasteiger charge is -2.28. The molecule has 130 valence electrons. The molecule has 0 bridgehead atoms. The van der Waals surface area contributed by atoms with Crippen LogP contribution in [0.3, 0.4) is 0 Å². The van der Waals surface area contributed by atoms with Gasteiger partial charge in [-0.2, -0.15) is 0 Å². The second-order valence-electron chi connectivity index (χ2n) is 7.45. The number of carbonyl (C=O) groups is 2. The van der Waals surface area contributed by atoms with Crippen LogP contribution in [0, 0.1) is 23.7 Å². The minimum Gasteiger partial charge on any atom is -0.462 e. The predicted molar refractivity (Wildman–Crippen MR) is 88.3 cm³/mol. The lowest BCUT2D eigenvalue weighted by Crippen LogP contribution is -2.33. The molecule has 0 aromatic heterocycles. The molecule has 22 heavy (non-hydrogen) atoms. The fraction of sp³-hybridized carbons (Fsp3) is 0.889. The SMILES string of the molecule is CC(C)CC(CC(OC(=O)C(C)C)C(C)C)OC(=O)C(C)C. The molecule has 0 radical (unpaired) electrons. The molecule has 2 atom stereocenters. The van der Waals surface area contributed by atoms with Gasteiger partial charge in [-0.3, -0.25) is 9.59 Å². The van der Waals surface area contributed by atoms with E-state index in [9.17, 15) is 9.59 Å². The Morgan fingerprint density at radius 3 is 1.55 bits per heavy atom. The molecule has 0 aromatic rings. The zero-order chi connectivity index (χ0) is 17.4. The highest BCUT2D eigenvalue weighted by Crippen LogP contribution is 2.22. The maximum atomic E-state index is 11.9. The highest BCUT2D eigenvalue weighted by Gasteiger charge is 2.27. The maximum absolute atomic E-state index is 11.9. The summed E-state index contributed by atoms with van der Waals surface area (Å²) in [5.41, 5.74) is 0. The average Bonchev–Trinajstić information content (AvgIpc) is 2.36. The minimum absolute atomic E-state index is 0.148. The molecule has 0 aliphatic rings. The Bertz CT molecular complexity index is 345. The van der Waals surface area contributed by atoms with Gasteiger partial charge in [-0.15, -0.1) is 0 Å². The summed E-state index contributed by atoms with van der Waals surface area (Å²) in [6, 6.07) is 0. The Balaban J connectivity index is 4.88. The standard InChI is InChI=1S/C18H34O4/c1-11(2)9-15(21-17(19)13(5)6)10-16(12(3)4)22-18(20)14(7)8/h11-16H,9-10H2,1-8H3. The van der Waals surface area contributed by atoms with E-state index in [-0.39, 0.29) is 41.9 Å². The summed E-state index contributed by atoms with van der Waals surface area (Å²) in [4.78, 5) is 23.7. The summed E-state index contributed by atoms with van der Waals surface area (Å²) in [7, 11) is 0. The Morgan fingerprint density at radius 2 is 1.18 bits per heavy atom. The number of esters is 2. The molecule has 0 N–H and O–H groups in total. The van der Waals surface area contributed by atoms with E-state index in [4.69, 9.17) is 9.47 Å². The molecule has 0 aliphatic heterocycles. The molecule has 0 heterocycles. The van der Waals surface area contributed by atoms with E-state index >= 15 is 0 Å². The highest BCUT2D eigenvalue weighted by molar-refractivity contribution is 5.72. The van der Waals surface area contributed by atoms with E-state index in [0.29, 0.717) is 12.3 Å². The molecule has 4 heteroatoms. The minimum atomic E-state index is -0.224. The van der Waals surface area contributed by atoms with Crippen molar-refractivity contribution in [1.82, 2.24) is 0 Å². The topological polar surface area (TPSA) is 52.6 Å². The van der Waals surface area contributed by atoms with E-state index in [2.05, 4.69) is 13.8 Å². The number of rotatable bonds is 9. The van der Waals surface area contributed by atoms with Crippen molar-refractivity contribution in [2.45, 2.75) is 80.4 Å². The van der Waals surface area contributed by atoms with E-state index in [1.54, 1.807) is 0 Å². The van der Waals surface area contributed by atoms with Crippen LogP contribution in [-0.4, -0.2) is 24.1 Å². The zero-order valence-electron chi connectivity index (χ0n) is 15.5. The summed E-state index contributed by atoms with van der Waals surface area (Å²) in [5.74, 6) is -0.0809. The fourth-order valence-corrected chi connectivity index (χ4v) is 2.02.